The molecule has 0 bridgehead atoms. The second kappa shape index (κ2) is 5.56. The molecule has 6 nitrogen and oxygen atoms in total. The Labute approximate surface area is 92.6 Å². The van der Waals surface area contributed by atoms with Crippen LogP contribution < -0.4 is 10.1 Å². The number of nitrogens with one attached hydrogen (secondary N) is 1. The van der Waals surface area contributed by atoms with Crippen LogP contribution in [0.5, 0.6) is 5.75 Å². The van der Waals surface area contributed by atoms with Gasteiger partial charge in [-0.05, 0) is 6.07 Å². The predicted octanol–water partition coefficient (Wildman–Crippen LogP) is 1.93. The summed E-state index contributed by atoms with van der Waals surface area (Å²) in [6, 6.07) is 6.29. The standard InChI is InChI=1S/C10H11N3O3/c1-16-10-7-8(13(14)15)3-4-9(10)12-6-2-5-11/h3-4,7,12H,2,6H2,1H3. The lowest BCUT2D eigenvalue weighted by Crippen LogP contribution is -2.02. The Balaban J connectivity index is 2.85. The molecule has 0 saturated heterocycles. The zero-order valence-corrected chi connectivity index (χ0v) is 8.77. The molecule has 1 rings (SSSR count). The average Bonchev–Trinajstić information content (AvgIpc) is 2.29. The Morgan fingerprint density at radius 2 is 2.38 bits per heavy atom. The summed E-state index contributed by atoms with van der Waals surface area (Å²) in [6.45, 7) is 0.477. The number of ether oxygens (including phenoxy) is 1. The number of anilines is 1. The summed E-state index contributed by atoms with van der Waals surface area (Å²) in [7, 11) is 1.44. The van der Waals surface area contributed by atoms with Gasteiger partial charge in [-0.2, -0.15) is 5.26 Å². The van der Waals surface area contributed by atoms with E-state index in [4.69, 9.17) is 10.00 Å². The van der Waals surface area contributed by atoms with Crippen LogP contribution in [-0.2, 0) is 0 Å². The minimum Gasteiger partial charge on any atom is -0.494 e. The topological polar surface area (TPSA) is 88.2 Å². The van der Waals surface area contributed by atoms with Gasteiger partial charge in [-0.25, -0.2) is 0 Å². The normalized spacial score (nSPS) is 9.25. The Kier molecular flexibility index (Phi) is 4.09. The van der Waals surface area contributed by atoms with Crippen molar-refractivity contribution in [2.45, 2.75) is 6.42 Å². The first kappa shape index (κ1) is 11.8. The molecule has 0 amide bonds. The lowest BCUT2D eigenvalue weighted by molar-refractivity contribution is -0.384. The molecule has 0 atom stereocenters. The fourth-order valence-electron chi connectivity index (χ4n) is 1.19. The molecule has 0 spiro atoms. The fraction of sp³-hybridized carbons (Fsp3) is 0.300. The number of methoxy groups -OCH3 is 1. The lowest BCUT2D eigenvalue weighted by Gasteiger charge is -2.09. The van der Waals surface area contributed by atoms with E-state index >= 15 is 0 Å². The minimum atomic E-state index is -0.485. The molecule has 0 unspecified atom stereocenters. The molecule has 16 heavy (non-hydrogen) atoms. The van der Waals surface area contributed by atoms with Crippen molar-refractivity contribution in [1.82, 2.24) is 0 Å². The van der Waals surface area contributed by atoms with Gasteiger partial charge < -0.3 is 10.1 Å². The van der Waals surface area contributed by atoms with Gasteiger partial charge in [0.05, 0.1) is 36.3 Å². The number of non-ortho nitro benzene ring substituents is 1. The maximum atomic E-state index is 10.5. The predicted molar refractivity (Wildman–Crippen MR) is 58.4 cm³/mol. The molecule has 6 heteroatoms. The van der Waals surface area contributed by atoms with Crippen molar-refractivity contribution in [3.8, 4) is 11.8 Å². The Hall–Kier alpha value is -2.29. The summed E-state index contributed by atoms with van der Waals surface area (Å²) in [5, 5.41) is 21.9. The van der Waals surface area contributed by atoms with Crippen LogP contribution >= 0.6 is 0 Å². The first-order valence-corrected chi connectivity index (χ1v) is 4.62. The molecule has 1 aromatic carbocycles. The Morgan fingerprint density at radius 1 is 1.62 bits per heavy atom. The van der Waals surface area contributed by atoms with Crippen molar-refractivity contribution in [2.75, 3.05) is 19.0 Å². The highest BCUT2D eigenvalue weighted by Gasteiger charge is 2.10. The van der Waals surface area contributed by atoms with Gasteiger partial charge in [0.1, 0.15) is 5.75 Å². The van der Waals surface area contributed by atoms with E-state index in [1.807, 2.05) is 6.07 Å². The highest BCUT2D eigenvalue weighted by Crippen LogP contribution is 2.28. The van der Waals surface area contributed by atoms with Gasteiger partial charge in [0, 0.05) is 12.6 Å². The Bertz CT molecular complexity index is 426. The molecule has 84 valence electrons. The molecule has 0 aromatic heterocycles. The molecule has 1 aromatic rings. The molecular formula is C10H11N3O3. The molecule has 0 aliphatic rings. The molecule has 1 N–H and O–H groups in total. The van der Waals surface area contributed by atoms with Crippen LogP contribution in [-0.4, -0.2) is 18.6 Å². The largest absolute Gasteiger partial charge is 0.494 e. The SMILES string of the molecule is COc1cc([N+](=O)[O-])ccc1NCCC#N. The number of hydrogen-bond donors (Lipinski definition) is 1. The molecule has 0 heterocycles. The monoisotopic (exact) mass is 221 g/mol. The summed E-state index contributed by atoms with van der Waals surface area (Å²) in [5.41, 5.74) is 0.617. The van der Waals surface area contributed by atoms with Crippen LogP contribution in [0.4, 0.5) is 11.4 Å². The van der Waals surface area contributed by atoms with E-state index in [9.17, 15) is 10.1 Å². The summed E-state index contributed by atoms with van der Waals surface area (Å²) in [5.74, 6) is 0.395. The van der Waals surface area contributed by atoms with Crippen molar-refractivity contribution in [1.29, 1.82) is 5.26 Å². The van der Waals surface area contributed by atoms with Crippen LogP contribution in [0.3, 0.4) is 0 Å². The summed E-state index contributed by atoms with van der Waals surface area (Å²) in [6.07, 6.45) is 0.361. The van der Waals surface area contributed by atoms with Crippen LogP contribution in [0.15, 0.2) is 18.2 Å². The van der Waals surface area contributed by atoms with Crippen LogP contribution in [0.25, 0.3) is 0 Å². The summed E-state index contributed by atoms with van der Waals surface area (Å²) < 4.78 is 5.02. The number of benzene rings is 1. The van der Waals surface area contributed by atoms with E-state index in [0.717, 1.165) is 0 Å². The highest BCUT2D eigenvalue weighted by atomic mass is 16.6. The van der Waals surface area contributed by atoms with Crippen molar-refractivity contribution >= 4 is 11.4 Å². The van der Waals surface area contributed by atoms with Gasteiger partial charge in [0.25, 0.3) is 5.69 Å². The molecule has 0 saturated carbocycles. The van der Waals surface area contributed by atoms with Gasteiger partial charge >= 0.3 is 0 Å². The number of nitro benzene ring substituents is 1. The fourth-order valence-corrected chi connectivity index (χ4v) is 1.19. The van der Waals surface area contributed by atoms with Crippen molar-refractivity contribution in [3.63, 3.8) is 0 Å². The summed E-state index contributed by atoms with van der Waals surface area (Å²) in [4.78, 5) is 10.0. The molecule has 0 fully saturated rings. The van der Waals surface area contributed by atoms with Crippen LogP contribution in [0, 0.1) is 21.4 Å². The van der Waals surface area contributed by atoms with Crippen LogP contribution in [0.2, 0.25) is 0 Å². The first-order valence-electron chi connectivity index (χ1n) is 4.62. The van der Waals surface area contributed by atoms with E-state index in [1.54, 1.807) is 6.07 Å². The van der Waals surface area contributed by atoms with Crippen LogP contribution in [0.1, 0.15) is 6.42 Å². The van der Waals surface area contributed by atoms with Crippen molar-refractivity contribution in [3.05, 3.63) is 28.3 Å². The van der Waals surface area contributed by atoms with Gasteiger partial charge in [0.2, 0.25) is 0 Å². The molecular weight excluding hydrogens is 210 g/mol. The zero-order valence-electron chi connectivity index (χ0n) is 8.77. The second-order valence-corrected chi connectivity index (χ2v) is 2.98. The number of nitriles is 1. The van der Waals surface area contributed by atoms with Gasteiger partial charge in [-0.3, -0.25) is 10.1 Å². The van der Waals surface area contributed by atoms with E-state index in [0.29, 0.717) is 24.4 Å². The van der Waals surface area contributed by atoms with Gasteiger partial charge in [0.15, 0.2) is 0 Å². The molecule has 0 aliphatic carbocycles. The first-order chi connectivity index (χ1) is 7.69. The second-order valence-electron chi connectivity index (χ2n) is 2.98. The third-order valence-corrected chi connectivity index (χ3v) is 1.95. The zero-order chi connectivity index (χ0) is 12.0. The Morgan fingerprint density at radius 3 is 2.94 bits per heavy atom. The number of nitrogens with zero attached hydrogens (tertiary/aromatic N) is 2. The number of nitro groups is 1. The van der Waals surface area contributed by atoms with E-state index in [-0.39, 0.29) is 5.69 Å². The quantitative estimate of drug-likeness (QED) is 0.466. The smallest absolute Gasteiger partial charge is 0.273 e. The van der Waals surface area contributed by atoms with Crippen molar-refractivity contribution in [2.24, 2.45) is 0 Å². The molecule has 0 radical (unpaired) electrons. The maximum Gasteiger partial charge on any atom is 0.273 e. The number of hydrogen-bond acceptors (Lipinski definition) is 5. The van der Waals surface area contributed by atoms with E-state index in [1.165, 1.54) is 19.2 Å². The van der Waals surface area contributed by atoms with Gasteiger partial charge in [-0.15, -0.1) is 0 Å². The summed E-state index contributed by atoms with van der Waals surface area (Å²) >= 11 is 0. The third kappa shape index (κ3) is 2.85. The number of rotatable bonds is 5. The lowest BCUT2D eigenvalue weighted by atomic mass is 10.2. The highest BCUT2D eigenvalue weighted by molar-refractivity contribution is 5.60. The van der Waals surface area contributed by atoms with E-state index < -0.39 is 4.92 Å². The van der Waals surface area contributed by atoms with E-state index in [2.05, 4.69) is 5.32 Å². The maximum absolute atomic E-state index is 10.5. The van der Waals surface area contributed by atoms with Crippen molar-refractivity contribution < 1.29 is 9.66 Å². The van der Waals surface area contributed by atoms with Gasteiger partial charge in [-0.1, -0.05) is 0 Å². The molecule has 0 aliphatic heterocycles. The minimum absolute atomic E-state index is 0.0253. The average molecular weight is 221 g/mol. The third-order valence-electron chi connectivity index (χ3n) is 1.95.